The van der Waals surface area contributed by atoms with Crippen molar-refractivity contribution in [1.82, 2.24) is 5.32 Å². The lowest BCUT2D eigenvalue weighted by Gasteiger charge is -2.29. The molecule has 2 bridgehead atoms. The molecule has 2 heterocycles. The molecule has 1 aromatic rings. The molecule has 3 nitrogen and oxygen atoms in total. The number of hydrogen-bond acceptors (Lipinski definition) is 2. The highest BCUT2D eigenvalue weighted by atomic mass is 35.5. The first-order valence-electron chi connectivity index (χ1n) is 6.38. The van der Waals surface area contributed by atoms with E-state index in [-0.39, 0.29) is 18.3 Å². The highest BCUT2D eigenvalue weighted by molar-refractivity contribution is 5.92. The van der Waals surface area contributed by atoms with E-state index in [1.54, 1.807) is 6.07 Å². The van der Waals surface area contributed by atoms with Crippen molar-refractivity contribution in [2.45, 2.75) is 43.7 Å². The third-order valence-electron chi connectivity index (χ3n) is 4.12. The van der Waals surface area contributed by atoms with Gasteiger partial charge in [-0.05, 0) is 49.3 Å². The Labute approximate surface area is 114 Å². The number of carbonyl (C=O) groups is 1. The predicted octanol–water partition coefficient (Wildman–Crippen LogP) is 2.21. The van der Waals surface area contributed by atoms with E-state index in [1.807, 2.05) is 12.1 Å². The molecule has 2 fully saturated rings. The van der Waals surface area contributed by atoms with Gasteiger partial charge in [0.1, 0.15) is 0 Å². The Bertz CT molecular complexity index is 437. The molecule has 0 spiro atoms. The van der Waals surface area contributed by atoms with Gasteiger partial charge < -0.3 is 11.1 Å². The molecular formula is C14H19ClN2O. The fourth-order valence-corrected chi connectivity index (χ4v) is 3.28. The lowest BCUT2D eigenvalue weighted by atomic mass is 9.85. The summed E-state index contributed by atoms with van der Waals surface area (Å²) in [5.41, 5.74) is 7.24. The molecule has 98 valence electrons. The number of nitrogens with two attached hydrogens (primary N) is 1. The number of hydrogen-bond donors (Lipinski definition) is 2. The number of benzene rings is 1. The molecule has 3 N–H and O–H groups in total. The lowest BCUT2D eigenvalue weighted by molar-refractivity contribution is 0.1000. The molecular weight excluding hydrogens is 248 g/mol. The van der Waals surface area contributed by atoms with Gasteiger partial charge in [0.2, 0.25) is 5.91 Å². The average Bonchev–Trinajstić information content (AvgIpc) is 2.68. The topological polar surface area (TPSA) is 55.1 Å². The summed E-state index contributed by atoms with van der Waals surface area (Å²) in [4.78, 5) is 11.2. The van der Waals surface area contributed by atoms with Crippen LogP contribution in [0.5, 0.6) is 0 Å². The maximum atomic E-state index is 11.2. The number of nitrogens with one attached hydrogen (secondary N) is 1. The molecule has 2 aliphatic rings. The van der Waals surface area contributed by atoms with Crippen molar-refractivity contribution in [2.75, 3.05) is 0 Å². The number of fused-ring (bicyclic) bond motifs is 2. The van der Waals surface area contributed by atoms with Crippen LogP contribution in [0.3, 0.4) is 0 Å². The monoisotopic (exact) mass is 266 g/mol. The Balaban J connectivity index is 0.00000120. The Hall–Kier alpha value is -1.06. The van der Waals surface area contributed by atoms with Crippen LogP contribution >= 0.6 is 12.4 Å². The minimum absolute atomic E-state index is 0. The summed E-state index contributed by atoms with van der Waals surface area (Å²) in [6.07, 6.45) is 4.99. The number of halogens is 1. The second-order valence-corrected chi connectivity index (χ2v) is 5.30. The molecule has 0 radical (unpaired) electrons. The average molecular weight is 267 g/mol. The molecule has 2 saturated heterocycles. The zero-order valence-electron chi connectivity index (χ0n) is 10.3. The Morgan fingerprint density at radius 3 is 2.50 bits per heavy atom. The second kappa shape index (κ2) is 5.29. The smallest absolute Gasteiger partial charge is 0.248 e. The molecule has 0 saturated carbocycles. The van der Waals surface area contributed by atoms with Gasteiger partial charge in [-0.25, -0.2) is 0 Å². The van der Waals surface area contributed by atoms with Gasteiger partial charge in [-0.2, -0.15) is 0 Å². The Morgan fingerprint density at radius 1 is 1.22 bits per heavy atom. The van der Waals surface area contributed by atoms with Gasteiger partial charge in [0.25, 0.3) is 0 Å². The van der Waals surface area contributed by atoms with Crippen molar-refractivity contribution in [1.29, 1.82) is 0 Å². The third kappa shape index (κ3) is 2.52. The lowest BCUT2D eigenvalue weighted by Crippen LogP contribution is -2.37. The maximum Gasteiger partial charge on any atom is 0.248 e. The van der Waals surface area contributed by atoms with E-state index < -0.39 is 0 Å². The molecule has 4 heteroatoms. The first-order valence-corrected chi connectivity index (χ1v) is 6.38. The first kappa shape index (κ1) is 13.4. The predicted molar refractivity (Wildman–Crippen MR) is 74.1 cm³/mol. The number of amides is 1. The van der Waals surface area contributed by atoms with Crippen LogP contribution in [0.25, 0.3) is 0 Å². The molecule has 2 unspecified atom stereocenters. The molecule has 1 amide bonds. The summed E-state index contributed by atoms with van der Waals surface area (Å²) in [5, 5.41) is 3.64. The van der Waals surface area contributed by atoms with E-state index >= 15 is 0 Å². The van der Waals surface area contributed by atoms with Crippen LogP contribution in [0, 0.1) is 0 Å². The minimum Gasteiger partial charge on any atom is -0.366 e. The van der Waals surface area contributed by atoms with Crippen LogP contribution in [0.1, 0.15) is 47.5 Å². The van der Waals surface area contributed by atoms with E-state index in [2.05, 4.69) is 11.4 Å². The highest BCUT2D eigenvalue weighted by Crippen LogP contribution is 2.37. The SMILES string of the molecule is Cl.NC(=O)c1cccc(C2CC3CCC(C2)N3)c1. The number of piperidine rings is 1. The number of carbonyl (C=O) groups excluding carboxylic acids is 1. The molecule has 1 aromatic carbocycles. The highest BCUT2D eigenvalue weighted by Gasteiger charge is 2.33. The van der Waals surface area contributed by atoms with Crippen molar-refractivity contribution >= 4 is 18.3 Å². The Kier molecular flexibility index (Phi) is 3.93. The van der Waals surface area contributed by atoms with E-state index in [0.29, 0.717) is 23.6 Å². The van der Waals surface area contributed by atoms with Gasteiger partial charge in [-0.1, -0.05) is 12.1 Å². The minimum atomic E-state index is -0.330. The summed E-state index contributed by atoms with van der Waals surface area (Å²) < 4.78 is 0. The van der Waals surface area contributed by atoms with E-state index in [0.717, 1.165) is 0 Å². The van der Waals surface area contributed by atoms with Crippen molar-refractivity contribution < 1.29 is 4.79 Å². The number of rotatable bonds is 2. The van der Waals surface area contributed by atoms with E-state index in [4.69, 9.17) is 5.73 Å². The molecule has 3 rings (SSSR count). The molecule has 0 aliphatic carbocycles. The van der Waals surface area contributed by atoms with Gasteiger partial charge in [0.15, 0.2) is 0 Å². The number of primary amides is 1. The fourth-order valence-electron chi connectivity index (χ4n) is 3.28. The van der Waals surface area contributed by atoms with Gasteiger partial charge in [0, 0.05) is 17.6 Å². The van der Waals surface area contributed by atoms with Crippen LogP contribution in [0.15, 0.2) is 24.3 Å². The summed E-state index contributed by atoms with van der Waals surface area (Å²) in [6, 6.07) is 9.19. The van der Waals surface area contributed by atoms with Crippen molar-refractivity contribution in [3.8, 4) is 0 Å². The molecule has 18 heavy (non-hydrogen) atoms. The van der Waals surface area contributed by atoms with Gasteiger partial charge in [0.05, 0.1) is 0 Å². The van der Waals surface area contributed by atoms with Crippen LogP contribution in [-0.4, -0.2) is 18.0 Å². The van der Waals surface area contributed by atoms with E-state index in [1.165, 1.54) is 31.2 Å². The van der Waals surface area contributed by atoms with Crippen molar-refractivity contribution in [3.63, 3.8) is 0 Å². The summed E-state index contributed by atoms with van der Waals surface area (Å²) in [6.45, 7) is 0. The largest absolute Gasteiger partial charge is 0.366 e. The van der Waals surface area contributed by atoms with Gasteiger partial charge in [-0.15, -0.1) is 12.4 Å². The summed E-state index contributed by atoms with van der Waals surface area (Å²) in [5.74, 6) is 0.261. The summed E-state index contributed by atoms with van der Waals surface area (Å²) in [7, 11) is 0. The normalized spacial score (nSPS) is 29.7. The molecule has 2 aliphatic heterocycles. The van der Waals surface area contributed by atoms with E-state index in [9.17, 15) is 4.79 Å². The van der Waals surface area contributed by atoms with Crippen LogP contribution in [0.4, 0.5) is 0 Å². The van der Waals surface area contributed by atoms with Crippen molar-refractivity contribution in [2.24, 2.45) is 5.73 Å². The van der Waals surface area contributed by atoms with Crippen LogP contribution in [-0.2, 0) is 0 Å². The van der Waals surface area contributed by atoms with Gasteiger partial charge >= 0.3 is 0 Å². The second-order valence-electron chi connectivity index (χ2n) is 5.30. The zero-order valence-corrected chi connectivity index (χ0v) is 11.1. The molecule has 2 atom stereocenters. The first-order chi connectivity index (χ1) is 8.22. The fraction of sp³-hybridized carbons (Fsp3) is 0.500. The zero-order chi connectivity index (χ0) is 11.8. The maximum absolute atomic E-state index is 11.2. The van der Waals surface area contributed by atoms with Crippen LogP contribution < -0.4 is 11.1 Å². The Morgan fingerprint density at radius 2 is 1.89 bits per heavy atom. The van der Waals surface area contributed by atoms with Gasteiger partial charge in [-0.3, -0.25) is 4.79 Å². The quantitative estimate of drug-likeness (QED) is 0.862. The third-order valence-corrected chi connectivity index (χ3v) is 4.12. The van der Waals surface area contributed by atoms with Crippen LogP contribution in [0.2, 0.25) is 0 Å². The summed E-state index contributed by atoms with van der Waals surface area (Å²) >= 11 is 0. The van der Waals surface area contributed by atoms with Crippen molar-refractivity contribution in [3.05, 3.63) is 35.4 Å². The molecule has 0 aromatic heterocycles. The standard InChI is InChI=1S/C14H18N2O.ClH/c15-14(17)10-3-1-2-9(6-10)11-7-12-4-5-13(8-11)16-12;/h1-3,6,11-13,16H,4-5,7-8H2,(H2,15,17);1H.